The molecule has 0 bridgehead atoms. The highest BCUT2D eigenvalue weighted by Gasteiger charge is 2.27. The van der Waals surface area contributed by atoms with Crippen molar-refractivity contribution in [3.63, 3.8) is 0 Å². The smallest absolute Gasteiger partial charge is 0.267 e. The third kappa shape index (κ3) is 5.35. The summed E-state index contributed by atoms with van der Waals surface area (Å²) < 4.78 is 29.6. The number of carbonyl (C=O) groups excluding carboxylic acids is 1. The zero-order valence-electron chi connectivity index (χ0n) is 20.4. The Morgan fingerprint density at radius 3 is 2.61 bits per heavy atom. The van der Waals surface area contributed by atoms with Crippen LogP contribution in [0.5, 0.6) is 0 Å². The molecule has 5 aromatic rings. The van der Waals surface area contributed by atoms with Crippen molar-refractivity contribution in [1.29, 1.82) is 0 Å². The van der Waals surface area contributed by atoms with Gasteiger partial charge >= 0.3 is 0 Å². The second-order valence-corrected chi connectivity index (χ2v) is 10.7. The minimum Gasteiger partial charge on any atom is -0.361 e. The minimum absolute atomic E-state index is 0.162. The summed E-state index contributed by atoms with van der Waals surface area (Å²) in [6.07, 6.45) is 6.82. The van der Waals surface area contributed by atoms with E-state index in [1.54, 1.807) is 48.1 Å². The number of hydrogen-bond acceptors (Lipinski definition) is 5. The molecule has 0 aliphatic carbocycles. The van der Waals surface area contributed by atoms with Gasteiger partial charge in [-0.15, -0.1) is 0 Å². The van der Waals surface area contributed by atoms with Gasteiger partial charge in [0.2, 0.25) is 10.0 Å². The van der Waals surface area contributed by atoms with E-state index >= 15 is 0 Å². The molecule has 2 heterocycles. The highest BCUT2D eigenvalue weighted by molar-refractivity contribution is 7.89. The molecule has 1 amide bonds. The van der Waals surface area contributed by atoms with Gasteiger partial charge in [0.25, 0.3) is 5.91 Å². The number of nitrogens with zero attached hydrogens (tertiary/aromatic N) is 2. The highest BCUT2D eigenvalue weighted by Crippen LogP contribution is 2.27. The van der Waals surface area contributed by atoms with Crippen LogP contribution in [0.3, 0.4) is 0 Å². The monoisotopic (exact) mass is 526 g/mol. The number of rotatable bonds is 9. The van der Waals surface area contributed by atoms with Crippen molar-refractivity contribution in [1.82, 2.24) is 19.8 Å². The molecule has 9 heteroatoms. The second kappa shape index (κ2) is 11.0. The summed E-state index contributed by atoms with van der Waals surface area (Å²) in [5.74, 6) is -0.632. The lowest BCUT2D eigenvalue weighted by Crippen LogP contribution is -2.32. The van der Waals surface area contributed by atoms with Gasteiger partial charge in [-0.25, -0.2) is 13.9 Å². The van der Waals surface area contributed by atoms with Crippen molar-refractivity contribution in [2.45, 2.75) is 17.9 Å². The molecule has 2 aromatic heterocycles. The van der Waals surface area contributed by atoms with Crippen LogP contribution in [0.25, 0.3) is 27.9 Å². The number of sulfonamides is 1. The summed E-state index contributed by atoms with van der Waals surface area (Å²) >= 11 is 0. The first-order valence-corrected chi connectivity index (χ1v) is 13.5. The molecule has 0 saturated heterocycles. The molecule has 5 rings (SSSR count). The average Bonchev–Trinajstić information content (AvgIpc) is 3.37. The van der Waals surface area contributed by atoms with Gasteiger partial charge in [-0.1, -0.05) is 60.7 Å². The molecule has 0 atom stereocenters. The number of amides is 1. The van der Waals surface area contributed by atoms with Crippen LogP contribution in [0.15, 0.2) is 102 Å². The normalized spacial score (nSPS) is 12.1. The van der Waals surface area contributed by atoms with Crippen molar-refractivity contribution >= 4 is 43.8 Å². The van der Waals surface area contributed by atoms with E-state index in [1.165, 1.54) is 10.4 Å². The van der Waals surface area contributed by atoms with E-state index in [2.05, 4.69) is 9.97 Å². The predicted octanol–water partition coefficient (Wildman–Crippen LogP) is 4.67. The first-order valence-electron chi connectivity index (χ1n) is 12.1. The fraction of sp³-hybridized carbons (Fsp3) is 0.103. The molecule has 0 aliphatic heterocycles. The van der Waals surface area contributed by atoms with E-state index in [-0.39, 0.29) is 18.0 Å². The second-order valence-electron chi connectivity index (χ2n) is 8.83. The number of nitrogens with one attached hydrogen (secondary N) is 2. The van der Waals surface area contributed by atoms with Gasteiger partial charge in [0, 0.05) is 47.8 Å². The Kier molecular flexibility index (Phi) is 7.32. The summed E-state index contributed by atoms with van der Waals surface area (Å²) in [4.78, 5) is 19.1. The van der Waals surface area contributed by atoms with Crippen molar-refractivity contribution in [2.75, 3.05) is 6.54 Å². The van der Waals surface area contributed by atoms with Gasteiger partial charge < -0.3 is 4.98 Å². The third-order valence-electron chi connectivity index (χ3n) is 6.39. The number of hydroxylamine groups is 1. The maximum atomic E-state index is 14.1. The van der Waals surface area contributed by atoms with E-state index in [9.17, 15) is 13.2 Å². The summed E-state index contributed by atoms with van der Waals surface area (Å²) in [5, 5.41) is 10.5. The Morgan fingerprint density at radius 2 is 1.79 bits per heavy atom. The fourth-order valence-corrected chi connectivity index (χ4v) is 6.03. The summed E-state index contributed by atoms with van der Waals surface area (Å²) in [6.45, 7) is 0.431. The van der Waals surface area contributed by atoms with Crippen molar-refractivity contribution < 1.29 is 18.4 Å². The van der Waals surface area contributed by atoms with Crippen molar-refractivity contribution in [2.24, 2.45) is 0 Å². The molecule has 3 aromatic carbocycles. The number of hydrogen-bond donors (Lipinski definition) is 3. The lowest BCUT2D eigenvalue weighted by Gasteiger charge is -2.23. The molecule has 0 spiro atoms. The van der Waals surface area contributed by atoms with Gasteiger partial charge in [-0.3, -0.25) is 15.0 Å². The average molecular weight is 527 g/mol. The molecular weight excluding hydrogens is 500 g/mol. The highest BCUT2D eigenvalue weighted by atomic mass is 32.2. The maximum Gasteiger partial charge on any atom is 0.267 e. The molecule has 0 unspecified atom stereocenters. The Hall–Kier alpha value is -4.31. The van der Waals surface area contributed by atoms with E-state index in [0.717, 1.165) is 33.0 Å². The topological polar surface area (TPSA) is 115 Å². The molecule has 38 heavy (non-hydrogen) atoms. The SMILES string of the molecule is O=C(C=Cc1ccc(CN(CCc2c[nH]c3ccccc23)S(=O)(=O)c2cccc3cccnc23)cc1)NO. The third-order valence-corrected chi connectivity index (χ3v) is 8.27. The Bertz CT molecular complexity index is 1720. The quantitative estimate of drug-likeness (QED) is 0.147. The number of aromatic amines is 1. The van der Waals surface area contributed by atoms with Crippen LogP contribution in [-0.4, -0.2) is 40.4 Å². The molecule has 8 nitrogen and oxygen atoms in total. The standard InChI is InChI=1S/C29H26N4O4S/c34-28(32-35)15-14-21-10-12-22(13-11-21)20-33(18-16-24-19-31-26-8-2-1-7-25(24)26)38(36,37)27-9-3-5-23-6-4-17-30-29(23)27/h1-15,17,19,31,35H,16,18,20H2,(H,32,34). The van der Waals surface area contributed by atoms with E-state index in [0.29, 0.717) is 11.9 Å². The number of H-pyrrole nitrogens is 1. The summed E-state index contributed by atoms with van der Waals surface area (Å²) in [6, 6.07) is 24.0. The van der Waals surface area contributed by atoms with Gasteiger partial charge in [0.15, 0.2) is 0 Å². The largest absolute Gasteiger partial charge is 0.361 e. The molecule has 0 radical (unpaired) electrons. The fourth-order valence-electron chi connectivity index (χ4n) is 4.44. The van der Waals surface area contributed by atoms with Crippen molar-refractivity contribution in [3.05, 3.63) is 114 Å². The lowest BCUT2D eigenvalue weighted by molar-refractivity contribution is -0.124. The Balaban J connectivity index is 1.47. The molecule has 0 aliphatic rings. The van der Waals surface area contributed by atoms with Crippen LogP contribution in [0.4, 0.5) is 0 Å². The van der Waals surface area contributed by atoms with Gasteiger partial charge in [-0.05, 0) is 47.4 Å². The number of pyridine rings is 1. The van der Waals surface area contributed by atoms with Crippen LogP contribution in [0.2, 0.25) is 0 Å². The minimum atomic E-state index is -3.90. The number of fused-ring (bicyclic) bond motifs is 2. The van der Waals surface area contributed by atoms with Crippen LogP contribution in [-0.2, 0) is 27.8 Å². The van der Waals surface area contributed by atoms with Crippen LogP contribution in [0.1, 0.15) is 16.7 Å². The predicted molar refractivity (Wildman–Crippen MR) is 147 cm³/mol. The first-order chi connectivity index (χ1) is 18.5. The maximum absolute atomic E-state index is 14.1. The molecular formula is C29H26N4O4S. The van der Waals surface area contributed by atoms with E-state index in [4.69, 9.17) is 5.21 Å². The number of aromatic nitrogens is 2. The molecule has 192 valence electrons. The van der Waals surface area contributed by atoms with Crippen molar-refractivity contribution in [3.8, 4) is 0 Å². The van der Waals surface area contributed by atoms with Crippen LogP contribution < -0.4 is 5.48 Å². The molecule has 0 fully saturated rings. The van der Waals surface area contributed by atoms with Crippen LogP contribution in [0, 0.1) is 0 Å². The summed E-state index contributed by atoms with van der Waals surface area (Å²) in [5.41, 5.74) is 5.57. The van der Waals surface area contributed by atoms with Gasteiger partial charge in [0.05, 0.1) is 5.52 Å². The number of benzene rings is 3. The first kappa shape index (κ1) is 25.3. The van der Waals surface area contributed by atoms with E-state index < -0.39 is 15.9 Å². The zero-order chi connectivity index (χ0) is 26.5. The Morgan fingerprint density at radius 1 is 1.00 bits per heavy atom. The summed E-state index contributed by atoms with van der Waals surface area (Å²) in [7, 11) is -3.90. The lowest BCUT2D eigenvalue weighted by atomic mass is 10.1. The van der Waals surface area contributed by atoms with Gasteiger partial charge in [-0.2, -0.15) is 4.31 Å². The van der Waals surface area contributed by atoms with Crippen LogP contribution >= 0.6 is 0 Å². The van der Waals surface area contributed by atoms with Gasteiger partial charge in [0.1, 0.15) is 4.90 Å². The molecule has 3 N–H and O–H groups in total. The Labute approximate surface area is 220 Å². The zero-order valence-corrected chi connectivity index (χ0v) is 21.2. The number of para-hydroxylation sites is 2. The van der Waals surface area contributed by atoms with E-state index in [1.807, 2.05) is 54.7 Å². The molecule has 0 saturated carbocycles. The number of carbonyl (C=O) groups is 1.